The van der Waals surface area contributed by atoms with Gasteiger partial charge in [0.1, 0.15) is 0 Å². The Morgan fingerprint density at radius 1 is 1.05 bits per heavy atom. The van der Waals surface area contributed by atoms with Gasteiger partial charge >= 0.3 is 136 Å². The van der Waals surface area contributed by atoms with E-state index in [2.05, 4.69) is 69.3 Å². The molecule has 0 N–H and O–H groups in total. The van der Waals surface area contributed by atoms with Gasteiger partial charge in [0.15, 0.2) is 0 Å². The van der Waals surface area contributed by atoms with Crippen molar-refractivity contribution in [1.29, 1.82) is 0 Å². The Kier molecular flexibility index (Phi) is 4.44. The molecule has 2 aromatic rings. The van der Waals surface area contributed by atoms with Crippen LogP contribution in [-0.2, 0) is 29.5 Å². The molecule has 106 valence electrons. The van der Waals surface area contributed by atoms with Gasteiger partial charge in [0.2, 0.25) is 0 Å². The molecule has 0 aromatic heterocycles. The predicted octanol–water partition coefficient (Wildman–Crippen LogP) is 5.22. The monoisotopic (exact) mass is 312 g/mol. The second kappa shape index (κ2) is 6.31. The Morgan fingerprint density at radius 2 is 1.81 bits per heavy atom. The van der Waals surface area contributed by atoms with E-state index in [4.69, 9.17) is 3.32 Å². The van der Waals surface area contributed by atoms with Gasteiger partial charge in [-0.1, -0.05) is 0 Å². The first-order valence-electron chi connectivity index (χ1n) is 7.41. The molecule has 0 radical (unpaired) electrons. The zero-order valence-electron chi connectivity index (χ0n) is 12.8. The molecule has 0 saturated heterocycles. The summed E-state index contributed by atoms with van der Waals surface area (Å²) in [6.45, 7) is 7.44. The minimum absolute atomic E-state index is 0.487. The average Bonchev–Trinajstić information content (AvgIpc) is 2.73. The van der Waals surface area contributed by atoms with Crippen LogP contribution in [0.3, 0.4) is 0 Å². The van der Waals surface area contributed by atoms with Gasteiger partial charge in [-0.2, -0.15) is 0 Å². The summed E-state index contributed by atoms with van der Waals surface area (Å²) in [5.74, 6) is 0.567. The molecule has 1 unspecified atom stereocenters. The van der Waals surface area contributed by atoms with Crippen LogP contribution < -0.4 is 0 Å². The zero-order valence-corrected chi connectivity index (χ0v) is 14.4. The van der Waals surface area contributed by atoms with Gasteiger partial charge in [0.25, 0.3) is 0 Å². The molecule has 1 aliphatic carbocycles. The third-order valence-corrected chi connectivity index (χ3v) is 6.33. The van der Waals surface area contributed by atoms with Gasteiger partial charge in [-0.05, 0) is 0 Å². The van der Waals surface area contributed by atoms with Crippen molar-refractivity contribution in [2.75, 3.05) is 0 Å². The fourth-order valence-electron chi connectivity index (χ4n) is 2.92. The van der Waals surface area contributed by atoms with Crippen LogP contribution in [0, 0.1) is 5.92 Å². The Labute approximate surface area is 136 Å². The fraction of sp³-hybridized carbons (Fsp3) is 0.263. The summed E-state index contributed by atoms with van der Waals surface area (Å²) < 4.78 is 7.68. The van der Waals surface area contributed by atoms with Crippen molar-refractivity contribution in [1.82, 2.24) is 0 Å². The molecule has 1 nitrogen and oxygen atoms in total. The van der Waals surface area contributed by atoms with E-state index in [1.807, 2.05) is 0 Å². The summed E-state index contributed by atoms with van der Waals surface area (Å²) in [5.41, 5.74) is 4.18. The van der Waals surface area contributed by atoms with Crippen molar-refractivity contribution in [2.24, 2.45) is 5.92 Å². The van der Waals surface area contributed by atoms with Crippen LogP contribution in [0.4, 0.5) is 0 Å². The van der Waals surface area contributed by atoms with Crippen molar-refractivity contribution in [3.63, 3.8) is 0 Å². The van der Waals surface area contributed by atoms with Crippen LogP contribution in [-0.4, -0.2) is 0 Å². The molecule has 1 aliphatic rings. The first-order chi connectivity index (χ1) is 10.2. The Hall–Kier alpha value is -1.15. The number of hydrogen-bond acceptors (Lipinski definition) is 1. The molecule has 0 fully saturated rings. The van der Waals surface area contributed by atoms with E-state index in [9.17, 15) is 0 Å². The second-order valence-electron chi connectivity index (χ2n) is 5.71. The second-order valence-corrected chi connectivity index (χ2v) is 7.32. The quantitative estimate of drug-likeness (QED) is 0.703. The van der Waals surface area contributed by atoms with Crippen molar-refractivity contribution >= 4 is 10.8 Å². The van der Waals surface area contributed by atoms with Gasteiger partial charge < -0.3 is 0 Å². The van der Waals surface area contributed by atoms with E-state index >= 15 is 0 Å². The molecule has 21 heavy (non-hydrogen) atoms. The molecule has 0 amide bonds. The van der Waals surface area contributed by atoms with E-state index in [0.29, 0.717) is 5.92 Å². The number of rotatable bonds is 4. The molecule has 1 atom stereocenters. The fourth-order valence-corrected chi connectivity index (χ4v) is 4.48. The van der Waals surface area contributed by atoms with Crippen molar-refractivity contribution in [2.45, 2.75) is 27.4 Å². The number of allylic oxidation sites excluding steroid dienone is 4. The Balaban J connectivity index is 1.71. The first-order valence-corrected chi connectivity index (χ1v) is 8.82. The van der Waals surface area contributed by atoms with Crippen LogP contribution in [0.1, 0.15) is 26.3 Å². The van der Waals surface area contributed by atoms with Gasteiger partial charge in [-0.25, -0.2) is 0 Å². The summed E-state index contributed by atoms with van der Waals surface area (Å²) in [6.07, 6.45) is 2.36. The molecule has 0 spiro atoms. The topological polar surface area (TPSA) is 9.23 Å². The molecule has 0 aliphatic heterocycles. The normalized spacial score (nSPS) is 18.2. The van der Waals surface area contributed by atoms with Crippen LogP contribution in [0.5, 0.6) is 0 Å². The number of benzene rings is 2. The molecular weight excluding hydrogens is 292 g/mol. The average molecular weight is 312 g/mol. The van der Waals surface area contributed by atoms with Gasteiger partial charge in [-0.3, -0.25) is 0 Å². The SMILES string of the molecule is CC1=CC(C)[C]([Ti][O]Cc2cccc3ccccc23)=C1C. The molecule has 2 aromatic carbocycles. The predicted molar refractivity (Wildman–Crippen MR) is 84.4 cm³/mol. The summed E-state index contributed by atoms with van der Waals surface area (Å²) in [6, 6.07) is 15.0. The maximum atomic E-state index is 6.13. The van der Waals surface area contributed by atoms with Crippen LogP contribution in [0.2, 0.25) is 0 Å². The molecule has 3 rings (SSSR count). The van der Waals surface area contributed by atoms with E-state index in [1.165, 1.54) is 27.5 Å². The Bertz CT molecular complexity index is 722. The molecular formula is C19H20OTi. The summed E-state index contributed by atoms with van der Waals surface area (Å²) in [7, 11) is 0. The standard InChI is InChI=1S/C11H9O.C8H11.Ti/c12-8-10-6-3-5-9-4-1-2-7-11(9)10;1-6-4-7(2)8(3)5-6;/h1-7H,8H2;4,6H,1-3H3;/q-1;;+1. The van der Waals surface area contributed by atoms with Crippen LogP contribution >= 0.6 is 0 Å². The van der Waals surface area contributed by atoms with E-state index in [-0.39, 0.29) is 0 Å². The Morgan fingerprint density at radius 3 is 2.57 bits per heavy atom. The minimum atomic E-state index is -0.487. The van der Waals surface area contributed by atoms with E-state index in [1.54, 1.807) is 3.88 Å². The van der Waals surface area contributed by atoms with Crippen LogP contribution in [0.15, 0.2) is 63.6 Å². The summed E-state index contributed by atoms with van der Waals surface area (Å²) in [4.78, 5) is 0. The first kappa shape index (κ1) is 14.8. The van der Waals surface area contributed by atoms with Crippen molar-refractivity contribution in [3.8, 4) is 0 Å². The van der Waals surface area contributed by atoms with Crippen molar-refractivity contribution in [3.05, 3.63) is 69.1 Å². The molecule has 0 heterocycles. The van der Waals surface area contributed by atoms with E-state index < -0.39 is 19.5 Å². The molecule has 2 heteroatoms. The van der Waals surface area contributed by atoms with Gasteiger partial charge in [0.05, 0.1) is 0 Å². The third-order valence-electron chi connectivity index (χ3n) is 4.24. The third kappa shape index (κ3) is 3.06. The van der Waals surface area contributed by atoms with Crippen molar-refractivity contribution < 1.29 is 22.9 Å². The van der Waals surface area contributed by atoms with Gasteiger partial charge in [-0.15, -0.1) is 0 Å². The van der Waals surface area contributed by atoms with Gasteiger partial charge in [0, 0.05) is 0 Å². The van der Waals surface area contributed by atoms with E-state index in [0.717, 1.165) is 6.61 Å². The maximum absolute atomic E-state index is 6.13. The number of hydrogen-bond donors (Lipinski definition) is 0. The van der Waals surface area contributed by atoms with Crippen LogP contribution in [0.25, 0.3) is 10.8 Å². The number of fused-ring (bicyclic) bond motifs is 1. The summed E-state index contributed by atoms with van der Waals surface area (Å²) >= 11 is -0.487. The molecule has 0 saturated carbocycles. The summed E-state index contributed by atoms with van der Waals surface area (Å²) in [5, 5.41) is 2.60. The molecule has 0 bridgehead atoms. The zero-order chi connectivity index (χ0) is 14.8.